The SMILES string of the molecule is O=C1C[C@@H]2CC[C@@H]3C[C@@H]3N12. The summed E-state index contributed by atoms with van der Waals surface area (Å²) in [5.74, 6) is 1.32. The van der Waals surface area contributed by atoms with E-state index in [0.717, 1.165) is 12.3 Å². The highest BCUT2D eigenvalue weighted by Gasteiger charge is 2.54. The Labute approximate surface area is 60.2 Å². The Morgan fingerprint density at radius 1 is 1.40 bits per heavy atom. The molecule has 54 valence electrons. The highest BCUT2D eigenvalue weighted by atomic mass is 16.2. The quantitative estimate of drug-likeness (QED) is 0.451. The fourth-order valence-electron chi connectivity index (χ4n) is 2.48. The molecule has 0 spiro atoms. The van der Waals surface area contributed by atoms with E-state index in [1.807, 2.05) is 0 Å². The number of fused-ring (bicyclic) bond motifs is 3. The second-order valence-corrected chi connectivity index (χ2v) is 3.80. The molecule has 1 amide bonds. The molecule has 0 radical (unpaired) electrons. The third-order valence-electron chi connectivity index (χ3n) is 3.20. The van der Waals surface area contributed by atoms with Crippen LogP contribution in [-0.4, -0.2) is 22.9 Å². The number of hydrogen-bond acceptors (Lipinski definition) is 1. The fraction of sp³-hybridized carbons (Fsp3) is 0.875. The average Bonchev–Trinajstić information content (AvgIpc) is 2.61. The fourth-order valence-corrected chi connectivity index (χ4v) is 2.48. The molecule has 0 N–H and O–H groups in total. The van der Waals surface area contributed by atoms with Crippen molar-refractivity contribution in [3.8, 4) is 0 Å². The lowest BCUT2D eigenvalue weighted by atomic mass is 9.92. The van der Waals surface area contributed by atoms with Crippen molar-refractivity contribution in [3.63, 3.8) is 0 Å². The van der Waals surface area contributed by atoms with Gasteiger partial charge in [-0.3, -0.25) is 4.79 Å². The molecule has 2 heterocycles. The zero-order chi connectivity index (χ0) is 6.72. The van der Waals surface area contributed by atoms with E-state index >= 15 is 0 Å². The molecule has 1 aliphatic carbocycles. The number of piperidine rings is 1. The Balaban J connectivity index is 1.87. The first-order valence-electron chi connectivity index (χ1n) is 4.17. The van der Waals surface area contributed by atoms with E-state index < -0.39 is 0 Å². The van der Waals surface area contributed by atoms with Crippen LogP contribution in [0.3, 0.4) is 0 Å². The van der Waals surface area contributed by atoms with Crippen LogP contribution in [0.25, 0.3) is 0 Å². The van der Waals surface area contributed by atoms with Crippen LogP contribution in [0, 0.1) is 5.92 Å². The molecule has 0 aromatic rings. The molecule has 2 nitrogen and oxygen atoms in total. The number of rotatable bonds is 0. The first kappa shape index (κ1) is 5.16. The molecule has 0 aromatic carbocycles. The molecule has 3 atom stereocenters. The maximum absolute atomic E-state index is 11.0. The number of hydrogen-bond donors (Lipinski definition) is 0. The molecule has 0 unspecified atom stereocenters. The zero-order valence-electron chi connectivity index (χ0n) is 5.92. The summed E-state index contributed by atoms with van der Waals surface area (Å²) in [6.07, 6.45) is 4.83. The lowest BCUT2D eigenvalue weighted by Gasteiger charge is -2.44. The van der Waals surface area contributed by atoms with Gasteiger partial charge in [-0.25, -0.2) is 0 Å². The van der Waals surface area contributed by atoms with Gasteiger partial charge in [0.15, 0.2) is 0 Å². The normalized spacial score (nSPS) is 49.4. The third-order valence-corrected chi connectivity index (χ3v) is 3.20. The van der Waals surface area contributed by atoms with Crippen molar-refractivity contribution in [2.45, 2.75) is 37.8 Å². The monoisotopic (exact) mass is 137 g/mol. The molecule has 1 saturated carbocycles. The van der Waals surface area contributed by atoms with Gasteiger partial charge in [-0.05, 0) is 25.2 Å². The van der Waals surface area contributed by atoms with Crippen LogP contribution in [0.1, 0.15) is 25.7 Å². The maximum Gasteiger partial charge on any atom is 0.225 e. The van der Waals surface area contributed by atoms with E-state index in [-0.39, 0.29) is 0 Å². The van der Waals surface area contributed by atoms with E-state index in [4.69, 9.17) is 0 Å². The average molecular weight is 137 g/mol. The molecule has 0 aromatic heterocycles. The molecule has 2 saturated heterocycles. The van der Waals surface area contributed by atoms with Crippen molar-refractivity contribution in [3.05, 3.63) is 0 Å². The van der Waals surface area contributed by atoms with Gasteiger partial charge in [0, 0.05) is 18.5 Å². The Morgan fingerprint density at radius 3 is 3.00 bits per heavy atom. The van der Waals surface area contributed by atoms with Crippen molar-refractivity contribution in [2.24, 2.45) is 5.92 Å². The minimum absolute atomic E-state index is 0.414. The van der Waals surface area contributed by atoms with Crippen molar-refractivity contribution < 1.29 is 4.79 Å². The highest BCUT2D eigenvalue weighted by molar-refractivity contribution is 5.84. The van der Waals surface area contributed by atoms with E-state index in [2.05, 4.69) is 4.90 Å². The Bertz CT molecular complexity index is 199. The highest BCUT2D eigenvalue weighted by Crippen LogP contribution is 2.49. The smallest absolute Gasteiger partial charge is 0.225 e. The topological polar surface area (TPSA) is 20.3 Å². The molecule has 3 rings (SSSR count). The van der Waals surface area contributed by atoms with Crippen molar-refractivity contribution in [2.75, 3.05) is 0 Å². The van der Waals surface area contributed by atoms with Crippen LogP contribution in [0.5, 0.6) is 0 Å². The van der Waals surface area contributed by atoms with Gasteiger partial charge in [0.05, 0.1) is 0 Å². The first-order valence-corrected chi connectivity index (χ1v) is 4.17. The van der Waals surface area contributed by atoms with E-state index in [9.17, 15) is 4.79 Å². The van der Waals surface area contributed by atoms with Crippen molar-refractivity contribution >= 4 is 5.91 Å². The Kier molecular flexibility index (Phi) is 0.715. The molecule has 0 bridgehead atoms. The second-order valence-electron chi connectivity index (χ2n) is 3.80. The summed E-state index contributed by atoms with van der Waals surface area (Å²) < 4.78 is 0. The summed E-state index contributed by atoms with van der Waals surface area (Å²) in [5, 5.41) is 0. The van der Waals surface area contributed by atoms with E-state index in [1.54, 1.807) is 0 Å². The van der Waals surface area contributed by atoms with Crippen LogP contribution >= 0.6 is 0 Å². The molecule has 3 fully saturated rings. The predicted molar refractivity (Wildman–Crippen MR) is 36.4 cm³/mol. The van der Waals surface area contributed by atoms with Crippen LogP contribution in [0.15, 0.2) is 0 Å². The number of carbonyl (C=O) groups is 1. The van der Waals surface area contributed by atoms with E-state index in [1.165, 1.54) is 19.3 Å². The van der Waals surface area contributed by atoms with Crippen LogP contribution in [0.2, 0.25) is 0 Å². The summed E-state index contributed by atoms with van der Waals surface area (Å²) in [5.41, 5.74) is 0. The van der Waals surface area contributed by atoms with Gasteiger partial charge in [-0.2, -0.15) is 0 Å². The largest absolute Gasteiger partial charge is 0.336 e. The summed E-state index contributed by atoms with van der Waals surface area (Å²) >= 11 is 0. The van der Waals surface area contributed by atoms with Gasteiger partial charge < -0.3 is 4.90 Å². The van der Waals surface area contributed by atoms with Crippen LogP contribution < -0.4 is 0 Å². The maximum atomic E-state index is 11.0. The van der Waals surface area contributed by atoms with Gasteiger partial charge >= 0.3 is 0 Å². The van der Waals surface area contributed by atoms with E-state index in [0.29, 0.717) is 18.0 Å². The van der Waals surface area contributed by atoms with Crippen molar-refractivity contribution in [1.29, 1.82) is 0 Å². The summed E-state index contributed by atoms with van der Waals surface area (Å²) in [7, 11) is 0. The molecular weight excluding hydrogens is 126 g/mol. The zero-order valence-corrected chi connectivity index (χ0v) is 5.92. The van der Waals surface area contributed by atoms with Gasteiger partial charge in [-0.15, -0.1) is 0 Å². The second kappa shape index (κ2) is 1.39. The summed E-state index contributed by atoms with van der Waals surface area (Å²) in [6, 6.07) is 1.36. The summed E-state index contributed by atoms with van der Waals surface area (Å²) in [6.45, 7) is 0. The van der Waals surface area contributed by atoms with Gasteiger partial charge in [0.25, 0.3) is 0 Å². The van der Waals surface area contributed by atoms with Crippen molar-refractivity contribution in [1.82, 2.24) is 4.90 Å². The standard InChI is InChI=1S/C8H11NO/c10-8-4-6-2-1-5-3-7(5)9(6)8/h5-7H,1-4H2/t5-,6+,7+/m1/s1. The first-order chi connectivity index (χ1) is 4.86. The minimum atomic E-state index is 0.414. The van der Waals surface area contributed by atoms with Gasteiger partial charge in [0.1, 0.15) is 0 Å². The number of nitrogens with zero attached hydrogens (tertiary/aromatic N) is 1. The Morgan fingerprint density at radius 2 is 2.30 bits per heavy atom. The van der Waals surface area contributed by atoms with Gasteiger partial charge in [-0.1, -0.05) is 0 Å². The number of carbonyl (C=O) groups excluding carboxylic acids is 1. The molecule has 2 aliphatic heterocycles. The number of β-lactam (4-membered cyclic amide) rings is 1. The molecule has 10 heavy (non-hydrogen) atoms. The van der Waals surface area contributed by atoms with Crippen LogP contribution in [0.4, 0.5) is 0 Å². The lowest BCUT2D eigenvalue weighted by molar-refractivity contribution is -0.149. The minimum Gasteiger partial charge on any atom is -0.336 e. The third kappa shape index (κ3) is 0.446. The van der Waals surface area contributed by atoms with Gasteiger partial charge in [0.2, 0.25) is 5.91 Å². The molecule has 2 heteroatoms. The lowest BCUT2D eigenvalue weighted by Crippen LogP contribution is -2.55. The molecular formula is C8H11NO. The Hall–Kier alpha value is -0.530. The molecule has 3 aliphatic rings. The predicted octanol–water partition coefficient (Wildman–Crippen LogP) is 0.770. The van der Waals surface area contributed by atoms with Crippen LogP contribution in [-0.2, 0) is 4.79 Å². The summed E-state index contributed by atoms with van der Waals surface area (Å²) in [4.78, 5) is 13.2. The number of amides is 1.